The Hall–Kier alpha value is -0.310. The van der Waals surface area contributed by atoms with Crippen LogP contribution in [-0.4, -0.2) is 16.9 Å². The van der Waals surface area contributed by atoms with Gasteiger partial charge in [0, 0.05) is 11.8 Å². The summed E-state index contributed by atoms with van der Waals surface area (Å²) in [5.41, 5.74) is 0. The zero-order chi connectivity index (χ0) is 8.27. The molecule has 0 saturated carbocycles. The van der Waals surface area contributed by atoms with Gasteiger partial charge in [0.15, 0.2) is 0 Å². The van der Waals surface area contributed by atoms with E-state index in [2.05, 4.69) is 15.9 Å². The first-order valence-electron chi connectivity index (χ1n) is 3.68. The summed E-state index contributed by atoms with van der Waals surface area (Å²) in [4.78, 5) is 11.0. The molecular weight excluding hydrogens is 208 g/mol. The molecular formula is C8H11BrO2. The molecule has 1 rings (SSSR count). The molecule has 0 aromatic heterocycles. The smallest absolute Gasteiger partial charge is 0.303 e. The highest BCUT2D eigenvalue weighted by atomic mass is 79.9. The van der Waals surface area contributed by atoms with Gasteiger partial charge in [0.1, 0.15) is 6.10 Å². The van der Waals surface area contributed by atoms with Crippen molar-refractivity contribution in [3.63, 3.8) is 0 Å². The first-order chi connectivity index (χ1) is 5.18. The second kappa shape index (κ2) is 3.90. The van der Waals surface area contributed by atoms with Crippen LogP contribution in [0.2, 0.25) is 0 Å². The minimum Gasteiger partial charge on any atom is -0.458 e. The second-order valence-corrected chi connectivity index (χ2v) is 3.80. The average Bonchev–Trinajstić information content (AvgIpc) is 1.93. The highest BCUT2D eigenvalue weighted by molar-refractivity contribution is 9.09. The van der Waals surface area contributed by atoms with Gasteiger partial charge in [0.2, 0.25) is 0 Å². The summed E-state index contributed by atoms with van der Waals surface area (Å²) in [6.45, 7) is 1.44. The van der Waals surface area contributed by atoms with Crippen LogP contribution in [-0.2, 0) is 9.53 Å². The van der Waals surface area contributed by atoms with Crippen LogP contribution in [0.3, 0.4) is 0 Å². The molecule has 0 radical (unpaired) electrons. The summed E-state index contributed by atoms with van der Waals surface area (Å²) in [7, 11) is 0. The fourth-order valence-corrected chi connectivity index (χ4v) is 1.51. The zero-order valence-electron chi connectivity index (χ0n) is 6.42. The maximum atomic E-state index is 10.5. The Morgan fingerprint density at radius 3 is 2.73 bits per heavy atom. The fraction of sp³-hybridized carbons (Fsp3) is 0.625. The monoisotopic (exact) mass is 218 g/mol. The molecule has 0 amide bonds. The molecule has 0 fully saturated rings. The number of hydrogen-bond acceptors (Lipinski definition) is 2. The first kappa shape index (κ1) is 8.78. The Balaban J connectivity index is 2.38. The van der Waals surface area contributed by atoms with Crippen molar-refractivity contribution in [2.75, 3.05) is 0 Å². The lowest BCUT2D eigenvalue weighted by atomic mass is 10.1. The third-order valence-electron chi connectivity index (χ3n) is 1.58. The number of hydrogen-bond donors (Lipinski definition) is 0. The summed E-state index contributed by atoms with van der Waals surface area (Å²) in [6, 6.07) is 0. The zero-order valence-corrected chi connectivity index (χ0v) is 8.00. The Morgan fingerprint density at radius 1 is 1.55 bits per heavy atom. The molecule has 1 aliphatic carbocycles. The van der Waals surface area contributed by atoms with E-state index in [1.54, 1.807) is 0 Å². The maximum Gasteiger partial charge on any atom is 0.303 e. The van der Waals surface area contributed by atoms with Gasteiger partial charge in [-0.25, -0.2) is 0 Å². The van der Waals surface area contributed by atoms with Gasteiger partial charge in [-0.05, 0) is 18.9 Å². The summed E-state index contributed by atoms with van der Waals surface area (Å²) in [5.74, 6) is -0.201. The third-order valence-corrected chi connectivity index (χ3v) is 2.34. The number of esters is 1. The Morgan fingerprint density at radius 2 is 2.27 bits per heavy atom. The molecule has 0 spiro atoms. The molecule has 2 atom stereocenters. The molecule has 62 valence electrons. The lowest BCUT2D eigenvalue weighted by Crippen LogP contribution is -2.18. The quantitative estimate of drug-likeness (QED) is 0.383. The minimum atomic E-state index is -0.201. The second-order valence-electron chi connectivity index (χ2n) is 2.63. The van der Waals surface area contributed by atoms with E-state index in [9.17, 15) is 4.79 Å². The van der Waals surface area contributed by atoms with Crippen LogP contribution in [0, 0.1) is 0 Å². The number of carbonyl (C=O) groups excluding carboxylic acids is 1. The molecule has 0 N–H and O–H groups in total. The van der Waals surface area contributed by atoms with Crippen LogP contribution in [0.15, 0.2) is 12.2 Å². The van der Waals surface area contributed by atoms with E-state index < -0.39 is 0 Å². The van der Waals surface area contributed by atoms with Crippen molar-refractivity contribution in [1.29, 1.82) is 0 Å². The van der Waals surface area contributed by atoms with E-state index in [1.807, 2.05) is 12.2 Å². The van der Waals surface area contributed by atoms with Crippen LogP contribution < -0.4 is 0 Å². The summed E-state index contributed by atoms with van der Waals surface area (Å²) >= 11 is 3.45. The van der Waals surface area contributed by atoms with Crippen molar-refractivity contribution in [1.82, 2.24) is 0 Å². The van der Waals surface area contributed by atoms with Gasteiger partial charge in [-0.2, -0.15) is 0 Å². The normalized spacial score (nSPS) is 30.0. The molecule has 11 heavy (non-hydrogen) atoms. The van der Waals surface area contributed by atoms with Gasteiger partial charge in [-0.15, -0.1) is 0 Å². The highest BCUT2D eigenvalue weighted by Gasteiger charge is 2.14. The van der Waals surface area contributed by atoms with E-state index in [0.29, 0.717) is 4.83 Å². The molecule has 3 heteroatoms. The van der Waals surface area contributed by atoms with Gasteiger partial charge >= 0.3 is 5.97 Å². The van der Waals surface area contributed by atoms with Crippen molar-refractivity contribution >= 4 is 21.9 Å². The molecule has 0 saturated heterocycles. The molecule has 0 aromatic carbocycles. The molecule has 0 bridgehead atoms. The molecule has 1 aliphatic rings. The highest BCUT2D eigenvalue weighted by Crippen LogP contribution is 2.19. The number of rotatable bonds is 1. The van der Waals surface area contributed by atoms with Gasteiger partial charge in [-0.1, -0.05) is 22.0 Å². The fourth-order valence-electron chi connectivity index (χ4n) is 1.07. The van der Waals surface area contributed by atoms with E-state index in [0.717, 1.165) is 12.8 Å². The van der Waals surface area contributed by atoms with E-state index in [4.69, 9.17) is 4.74 Å². The van der Waals surface area contributed by atoms with Crippen molar-refractivity contribution in [2.45, 2.75) is 30.7 Å². The summed E-state index contributed by atoms with van der Waals surface area (Å²) < 4.78 is 4.99. The summed E-state index contributed by atoms with van der Waals surface area (Å²) in [5, 5.41) is 0. The number of ether oxygens (including phenoxy) is 1. The first-order valence-corrected chi connectivity index (χ1v) is 4.59. The van der Waals surface area contributed by atoms with E-state index in [1.165, 1.54) is 6.92 Å². The lowest BCUT2D eigenvalue weighted by Gasteiger charge is -2.18. The largest absolute Gasteiger partial charge is 0.458 e. The van der Waals surface area contributed by atoms with Crippen LogP contribution in [0.4, 0.5) is 0 Å². The van der Waals surface area contributed by atoms with Gasteiger partial charge < -0.3 is 4.74 Å². The number of allylic oxidation sites excluding steroid dienone is 1. The Labute approximate surface area is 74.7 Å². The maximum absolute atomic E-state index is 10.5. The van der Waals surface area contributed by atoms with Crippen molar-refractivity contribution in [2.24, 2.45) is 0 Å². The van der Waals surface area contributed by atoms with Crippen molar-refractivity contribution < 1.29 is 9.53 Å². The average molecular weight is 219 g/mol. The van der Waals surface area contributed by atoms with Crippen molar-refractivity contribution in [3.8, 4) is 0 Å². The van der Waals surface area contributed by atoms with Gasteiger partial charge in [-0.3, -0.25) is 4.79 Å². The molecule has 0 aliphatic heterocycles. The van der Waals surface area contributed by atoms with Crippen LogP contribution >= 0.6 is 15.9 Å². The number of halogens is 1. The van der Waals surface area contributed by atoms with Gasteiger partial charge in [0.05, 0.1) is 0 Å². The minimum absolute atomic E-state index is 0.00120. The SMILES string of the molecule is CC(=O)OC1C=CC(Br)CC1. The predicted octanol–water partition coefficient (Wildman–Crippen LogP) is 2.03. The van der Waals surface area contributed by atoms with Gasteiger partial charge in [0.25, 0.3) is 0 Å². The van der Waals surface area contributed by atoms with Crippen LogP contribution in [0.25, 0.3) is 0 Å². The van der Waals surface area contributed by atoms with E-state index in [-0.39, 0.29) is 12.1 Å². The van der Waals surface area contributed by atoms with Crippen LogP contribution in [0.1, 0.15) is 19.8 Å². The topological polar surface area (TPSA) is 26.3 Å². The number of alkyl halides is 1. The standard InChI is InChI=1S/C8H11BrO2/c1-6(10)11-8-4-2-7(9)3-5-8/h2,4,7-8H,3,5H2,1H3. The molecule has 2 nitrogen and oxygen atoms in total. The molecule has 2 unspecified atom stereocenters. The van der Waals surface area contributed by atoms with Crippen LogP contribution in [0.5, 0.6) is 0 Å². The number of carbonyl (C=O) groups is 1. The predicted molar refractivity (Wildman–Crippen MR) is 46.6 cm³/mol. The Bertz CT molecular complexity index is 177. The molecule has 0 aromatic rings. The third kappa shape index (κ3) is 3.06. The van der Waals surface area contributed by atoms with E-state index >= 15 is 0 Å². The molecule has 0 heterocycles. The Kier molecular flexibility index (Phi) is 3.12. The summed E-state index contributed by atoms with van der Waals surface area (Å²) in [6.07, 6.45) is 5.92. The lowest BCUT2D eigenvalue weighted by molar-refractivity contribution is -0.144. The van der Waals surface area contributed by atoms with Crippen molar-refractivity contribution in [3.05, 3.63) is 12.2 Å².